The minimum atomic E-state index is -0.653. The average molecular weight is 346 g/mol. The number of hydrogen-bond donors (Lipinski definition) is 1. The molecule has 2 N–H and O–H groups in total. The first kappa shape index (κ1) is 17.3. The molecule has 130 valence electrons. The second-order valence-corrected chi connectivity index (χ2v) is 5.90. The molecule has 3 aromatic rings. The van der Waals surface area contributed by atoms with Gasteiger partial charge in [0, 0.05) is 17.5 Å². The van der Waals surface area contributed by atoms with Crippen LogP contribution < -0.4 is 5.73 Å². The van der Waals surface area contributed by atoms with Gasteiger partial charge < -0.3 is 5.73 Å². The van der Waals surface area contributed by atoms with Gasteiger partial charge >= 0.3 is 0 Å². The van der Waals surface area contributed by atoms with Crippen molar-refractivity contribution >= 4 is 5.91 Å². The van der Waals surface area contributed by atoms with Crippen LogP contribution >= 0.6 is 0 Å². The lowest BCUT2D eigenvalue weighted by atomic mass is 10.1. The van der Waals surface area contributed by atoms with Gasteiger partial charge in [0.1, 0.15) is 5.69 Å². The first-order valence-electron chi connectivity index (χ1n) is 8.01. The van der Waals surface area contributed by atoms with Crippen LogP contribution in [0.15, 0.2) is 24.7 Å². The zero-order valence-electron chi connectivity index (χ0n) is 15.0. The van der Waals surface area contributed by atoms with E-state index in [0.717, 1.165) is 22.5 Å². The highest BCUT2D eigenvalue weighted by Crippen LogP contribution is 2.16. The van der Waals surface area contributed by atoms with Gasteiger partial charge in [-0.2, -0.15) is 0 Å². The number of rotatable bonds is 2. The number of carbonyl (C=O) groups excluding carboxylic acids is 1. The van der Waals surface area contributed by atoms with E-state index in [1.54, 1.807) is 23.2 Å². The van der Waals surface area contributed by atoms with Gasteiger partial charge in [0.05, 0.1) is 23.8 Å². The fourth-order valence-electron chi connectivity index (χ4n) is 2.47. The van der Waals surface area contributed by atoms with Crippen molar-refractivity contribution in [2.45, 2.75) is 27.7 Å². The summed E-state index contributed by atoms with van der Waals surface area (Å²) in [4.78, 5) is 28.9. The van der Waals surface area contributed by atoms with Gasteiger partial charge in [-0.05, 0) is 45.2 Å². The SMILES string of the molecule is Cc1cnc(-n2c(C(N)=O)nc(C#Cc3ccnc(C)c3C)c2C)cn1. The van der Waals surface area contributed by atoms with E-state index < -0.39 is 5.91 Å². The molecule has 0 saturated heterocycles. The van der Waals surface area contributed by atoms with E-state index in [4.69, 9.17) is 5.73 Å². The second kappa shape index (κ2) is 6.76. The second-order valence-electron chi connectivity index (χ2n) is 5.90. The highest BCUT2D eigenvalue weighted by molar-refractivity contribution is 5.90. The number of pyridine rings is 1. The van der Waals surface area contributed by atoms with Crippen LogP contribution in [0.4, 0.5) is 0 Å². The van der Waals surface area contributed by atoms with Gasteiger partial charge in [0.2, 0.25) is 5.82 Å². The lowest BCUT2D eigenvalue weighted by Gasteiger charge is -2.06. The Morgan fingerprint density at radius 3 is 2.50 bits per heavy atom. The van der Waals surface area contributed by atoms with Gasteiger partial charge in [-0.25, -0.2) is 9.97 Å². The molecule has 0 spiro atoms. The molecule has 0 aliphatic heterocycles. The first-order chi connectivity index (χ1) is 12.4. The molecular weight excluding hydrogens is 328 g/mol. The summed E-state index contributed by atoms with van der Waals surface area (Å²) in [5.74, 6) is 6.02. The maximum atomic E-state index is 11.8. The van der Waals surface area contributed by atoms with Crippen LogP contribution in [0.1, 0.15) is 44.5 Å². The molecule has 7 nitrogen and oxygen atoms in total. The van der Waals surface area contributed by atoms with Gasteiger partial charge in [0.25, 0.3) is 5.91 Å². The van der Waals surface area contributed by atoms with E-state index >= 15 is 0 Å². The summed E-state index contributed by atoms with van der Waals surface area (Å²) >= 11 is 0. The molecule has 0 unspecified atom stereocenters. The number of imidazole rings is 1. The molecule has 3 rings (SSSR count). The maximum absolute atomic E-state index is 11.8. The Morgan fingerprint density at radius 2 is 1.85 bits per heavy atom. The number of aromatic nitrogens is 5. The van der Waals surface area contributed by atoms with E-state index in [0.29, 0.717) is 17.2 Å². The van der Waals surface area contributed by atoms with Gasteiger partial charge in [-0.15, -0.1) is 0 Å². The predicted octanol–water partition coefficient (Wildman–Crippen LogP) is 1.79. The van der Waals surface area contributed by atoms with Crippen molar-refractivity contribution in [3.63, 3.8) is 0 Å². The molecule has 26 heavy (non-hydrogen) atoms. The number of amides is 1. The topological polar surface area (TPSA) is 99.6 Å². The van der Waals surface area contributed by atoms with Crippen LogP contribution in [0, 0.1) is 39.5 Å². The molecule has 0 aromatic carbocycles. The standard InChI is InChI=1S/C19H18N6O/c1-11-9-23-17(10-22-11)25-14(4)16(24-19(25)18(20)26)6-5-15-7-8-21-13(3)12(15)2/h7-10H,1-4H3,(H2,20,26). The summed E-state index contributed by atoms with van der Waals surface area (Å²) in [6.45, 7) is 7.55. The van der Waals surface area contributed by atoms with Crippen molar-refractivity contribution in [2.75, 3.05) is 0 Å². The molecule has 7 heteroatoms. The summed E-state index contributed by atoms with van der Waals surface area (Å²) in [6, 6.07) is 1.85. The van der Waals surface area contributed by atoms with E-state index in [9.17, 15) is 4.79 Å². The van der Waals surface area contributed by atoms with Gasteiger partial charge in [-0.3, -0.25) is 19.3 Å². The van der Waals surface area contributed by atoms with E-state index in [1.807, 2.05) is 33.8 Å². The highest BCUT2D eigenvalue weighted by atomic mass is 16.1. The Morgan fingerprint density at radius 1 is 1.08 bits per heavy atom. The van der Waals surface area contributed by atoms with Crippen molar-refractivity contribution in [2.24, 2.45) is 5.73 Å². The Kier molecular flexibility index (Phi) is 4.50. The van der Waals surface area contributed by atoms with Crippen LogP contribution in [0.5, 0.6) is 0 Å². The van der Waals surface area contributed by atoms with E-state index in [-0.39, 0.29) is 5.82 Å². The summed E-state index contributed by atoms with van der Waals surface area (Å²) in [5, 5.41) is 0. The molecule has 1 amide bonds. The third-order valence-electron chi connectivity index (χ3n) is 4.10. The van der Waals surface area contributed by atoms with Crippen molar-refractivity contribution in [1.29, 1.82) is 0 Å². The quantitative estimate of drug-likeness (QED) is 0.713. The van der Waals surface area contributed by atoms with E-state index in [2.05, 4.69) is 31.8 Å². The summed E-state index contributed by atoms with van der Waals surface area (Å²) in [7, 11) is 0. The first-order valence-corrected chi connectivity index (χ1v) is 8.01. The maximum Gasteiger partial charge on any atom is 0.285 e. The molecule has 0 aliphatic carbocycles. The Labute approximate surface area is 151 Å². The van der Waals surface area contributed by atoms with E-state index in [1.165, 1.54) is 0 Å². The number of nitrogens with zero attached hydrogens (tertiary/aromatic N) is 5. The van der Waals surface area contributed by atoms with Gasteiger partial charge in [0.15, 0.2) is 5.82 Å². The Bertz CT molecular complexity index is 1050. The lowest BCUT2D eigenvalue weighted by Crippen LogP contribution is -2.18. The third-order valence-corrected chi connectivity index (χ3v) is 4.10. The Balaban J connectivity index is 2.12. The molecule has 3 heterocycles. The third kappa shape index (κ3) is 3.17. The molecule has 0 bridgehead atoms. The molecule has 0 radical (unpaired) electrons. The molecular formula is C19H18N6O. The predicted molar refractivity (Wildman–Crippen MR) is 96.8 cm³/mol. The van der Waals surface area contributed by atoms with Crippen molar-refractivity contribution < 1.29 is 4.79 Å². The van der Waals surface area contributed by atoms with Crippen LogP contribution in [0.2, 0.25) is 0 Å². The molecule has 0 atom stereocenters. The monoisotopic (exact) mass is 346 g/mol. The van der Waals surface area contributed by atoms with Crippen molar-refractivity contribution in [1.82, 2.24) is 24.5 Å². The minimum absolute atomic E-state index is 0.0765. The number of hydrogen-bond acceptors (Lipinski definition) is 5. The van der Waals surface area contributed by atoms with Crippen molar-refractivity contribution in [3.8, 4) is 17.7 Å². The van der Waals surface area contributed by atoms with Crippen LogP contribution in [0.25, 0.3) is 5.82 Å². The fourth-order valence-corrected chi connectivity index (χ4v) is 2.47. The smallest absolute Gasteiger partial charge is 0.285 e. The zero-order valence-corrected chi connectivity index (χ0v) is 15.0. The highest BCUT2D eigenvalue weighted by Gasteiger charge is 2.19. The number of primary amides is 1. The zero-order chi connectivity index (χ0) is 18.8. The van der Waals surface area contributed by atoms with Crippen LogP contribution in [-0.4, -0.2) is 30.4 Å². The fraction of sp³-hybridized carbons (Fsp3) is 0.211. The average Bonchev–Trinajstić information content (AvgIpc) is 2.94. The lowest BCUT2D eigenvalue weighted by molar-refractivity contribution is 0.0988. The molecule has 0 saturated carbocycles. The number of carbonyl (C=O) groups is 1. The summed E-state index contributed by atoms with van der Waals surface area (Å²) in [5.41, 5.74) is 10.2. The Hall–Kier alpha value is -3.53. The molecule has 0 fully saturated rings. The summed E-state index contributed by atoms with van der Waals surface area (Å²) in [6.07, 6.45) is 4.91. The normalized spacial score (nSPS) is 10.3. The number of nitrogens with two attached hydrogens (primary N) is 1. The van der Waals surface area contributed by atoms with Gasteiger partial charge in [-0.1, -0.05) is 5.92 Å². The van der Waals surface area contributed by atoms with Crippen LogP contribution in [-0.2, 0) is 0 Å². The van der Waals surface area contributed by atoms with Crippen LogP contribution in [0.3, 0.4) is 0 Å². The largest absolute Gasteiger partial charge is 0.363 e. The molecule has 0 aliphatic rings. The van der Waals surface area contributed by atoms with Crippen molar-refractivity contribution in [3.05, 3.63) is 64.4 Å². The summed E-state index contributed by atoms with van der Waals surface area (Å²) < 4.78 is 1.57. The molecule has 3 aromatic heterocycles. The number of aryl methyl sites for hydroxylation is 2. The minimum Gasteiger partial charge on any atom is -0.363 e.